The third kappa shape index (κ3) is 3.48. The number of rotatable bonds is 4. The molecule has 26 heavy (non-hydrogen) atoms. The van der Waals surface area contributed by atoms with Gasteiger partial charge in [0.15, 0.2) is 15.7 Å². The standard InChI is InChI=1S/C19H19N3O3S/c1-26(23,24)11-14-4-2-6-16(10-14)22-12-20-19(21-13-22)17-7-3-5-15-8-9-25-18(15)17/h2-7,10,12H,8-9,11,13H2,1H3. The Hall–Kier alpha value is -2.67. The molecular formula is C19H19N3O3S. The fourth-order valence-electron chi connectivity index (χ4n) is 3.17. The van der Waals surface area contributed by atoms with Crippen molar-refractivity contribution in [3.63, 3.8) is 0 Å². The average Bonchev–Trinajstić information content (AvgIpc) is 3.09. The Balaban J connectivity index is 1.55. The number of fused-ring (bicyclic) bond motifs is 1. The Morgan fingerprint density at radius 2 is 2.04 bits per heavy atom. The summed E-state index contributed by atoms with van der Waals surface area (Å²) in [4.78, 5) is 11.0. The molecule has 134 valence electrons. The maximum absolute atomic E-state index is 11.5. The third-order valence-corrected chi connectivity index (χ3v) is 5.18. The van der Waals surface area contributed by atoms with E-state index in [1.165, 1.54) is 11.8 Å². The maximum Gasteiger partial charge on any atom is 0.161 e. The van der Waals surface area contributed by atoms with Gasteiger partial charge in [0.1, 0.15) is 12.4 Å². The van der Waals surface area contributed by atoms with Gasteiger partial charge in [0, 0.05) is 18.4 Å². The Morgan fingerprint density at radius 1 is 1.19 bits per heavy atom. The van der Waals surface area contributed by atoms with Crippen molar-refractivity contribution < 1.29 is 13.2 Å². The SMILES string of the molecule is CS(=O)(=O)Cc1cccc(N2C=NC(c3cccc4c3OCC4)=NC2)c1. The molecule has 7 heteroatoms. The molecule has 0 saturated heterocycles. The summed E-state index contributed by atoms with van der Waals surface area (Å²) in [5.74, 6) is 1.56. The molecule has 4 rings (SSSR count). The van der Waals surface area contributed by atoms with Crippen LogP contribution < -0.4 is 9.64 Å². The molecule has 0 atom stereocenters. The lowest BCUT2D eigenvalue weighted by Crippen LogP contribution is -2.26. The van der Waals surface area contributed by atoms with Gasteiger partial charge in [0.05, 0.1) is 24.3 Å². The van der Waals surface area contributed by atoms with Gasteiger partial charge in [-0.3, -0.25) is 0 Å². The molecule has 0 unspecified atom stereocenters. The predicted octanol–water partition coefficient (Wildman–Crippen LogP) is 2.42. The molecule has 2 heterocycles. The van der Waals surface area contributed by atoms with Gasteiger partial charge in [0.2, 0.25) is 0 Å². The van der Waals surface area contributed by atoms with Crippen molar-refractivity contribution in [1.82, 2.24) is 0 Å². The van der Waals surface area contributed by atoms with Crippen molar-refractivity contribution in [2.24, 2.45) is 9.98 Å². The van der Waals surface area contributed by atoms with Gasteiger partial charge in [0.25, 0.3) is 0 Å². The van der Waals surface area contributed by atoms with Crippen LogP contribution in [-0.4, -0.2) is 40.1 Å². The molecule has 2 aromatic carbocycles. The van der Waals surface area contributed by atoms with Crippen molar-refractivity contribution in [2.75, 3.05) is 24.4 Å². The highest BCUT2D eigenvalue weighted by Gasteiger charge is 2.20. The minimum atomic E-state index is -3.07. The van der Waals surface area contributed by atoms with Crippen LogP contribution in [0.2, 0.25) is 0 Å². The fraction of sp³-hybridized carbons (Fsp3) is 0.263. The summed E-state index contributed by atoms with van der Waals surface area (Å²) >= 11 is 0. The summed E-state index contributed by atoms with van der Waals surface area (Å²) < 4.78 is 28.7. The average molecular weight is 369 g/mol. The summed E-state index contributed by atoms with van der Waals surface area (Å²) in [6.07, 6.45) is 3.88. The lowest BCUT2D eigenvalue weighted by molar-refractivity contribution is 0.356. The minimum absolute atomic E-state index is 0.0217. The number of aliphatic imine (C=N–C) groups is 2. The molecule has 0 radical (unpaired) electrons. The van der Waals surface area contributed by atoms with Gasteiger partial charge in [-0.05, 0) is 29.3 Å². The molecule has 2 aromatic rings. The highest BCUT2D eigenvalue weighted by atomic mass is 32.2. The highest BCUT2D eigenvalue weighted by molar-refractivity contribution is 7.89. The summed E-state index contributed by atoms with van der Waals surface area (Å²) in [5.41, 5.74) is 3.73. The first-order chi connectivity index (χ1) is 12.5. The minimum Gasteiger partial charge on any atom is -0.492 e. The number of hydrogen-bond acceptors (Lipinski definition) is 6. The topological polar surface area (TPSA) is 71.3 Å². The van der Waals surface area contributed by atoms with Crippen molar-refractivity contribution in [1.29, 1.82) is 0 Å². The van der Waals surface area contributed by atoms with E-state index < -0.39 is 9.84 Å². The van der Waals surface area contributed by atoms with Crippen LogP contribution in [-0.2, 0) is 22.0 Å². The molecule has 0 aliphatic carbocycles. The van der Waals surface area contributed by atoms with Crippen LogP contribution in [0.15, 0.2) is 52.4 Å². The lowest BCUT2D eigenvalue weighted by Gasteiger charge is -2.22. The number of hydrogen-bond donors (Lipinski definition) is 0. The van der Waals surface area contributed by atoms with Crippen LogP contribution in [0, 0.1) is 0 Å². The first-order valence-electron chi connectivity index (χ1n) is 8.37. The Labute approximate surface area is 152 Å². The van der Waals surface area contributed by atoms with Gasteiger partial charge in [-0.25, -0.2) is 18.4 Å². The van der Waals surface area contributed by atoms with E-state index >= 15 is 0 Å². The van der Waals surface area contributed by atoms with Gasteiger partial charge < -0.3 is 9.64 Å². The van der Waals surface area contributed by atoms with Gasteiger partial charge in [-0.15, -0.1) is 0 Å². The first kappa shape index (κ1) is 16.8. The molecule has 0 N–H and O–H groups in total. The molecule has 0 fully saturated rings. The van der Waals surface area contributed by atoms with Crippen molar-refractivity contribution in [3.05, 3.63) is 59.2 Å². The third-order valence-electron chi connectivity index (χ3n) is 4.32. The number of benzene rings is 2. The molecule has 2 aliphatic rings. The second-order valence-corrected chi connectivity index (χ2v) is 8.61. The van der Waals surface area contributed by atoms with Gasteiger partial charge in [-0.2, -0.15) is 0 Å². The number of amidine groups is 1. The Kier molecular flexibility index (Phi) is 4.24. The largest absolute Gasteiger partial charge is 0.492 e. The van der Waals surface area contributed by atoms with Crippen LogP contribution in [0.4, 0.5) is 5.69 Å². The highest BCUT2D eigenvalue weighted by Crippen LogP contribution is 2.30. The number of para-hydroxylation sites is 1. The second-order valence-electron chi connectivity index (χ2n) is 6.47. The smallest absolute Gasteiger partial charge is 0.161 e. The zero-order valence-corrected chi connectivity index (χ0v) is 15.2. The van der Waals surface area contributed by atoms with Crippen LogP contribution in [0.25, 0.3) is 0 Å². The van der Waals surface area contributed by atoms with Gasteiger partial charge in [-0.1, -0.05) is 24.3 Å². The zero-order valence-electron chi connectivity index (χ0n) is 14.4. The van der Waals surface area contributed by atoms with Crippen molar-refractivity contribution in [3.8, 4) is 5.75 Å². The normalized spacial score (nSPS) is 16.2. The van der Waals surface area contributed by atoms with E-state index in [4.69, 9.17) is 4.74 Å². The van der Waals surface area contributed by atoms with Crippen LogP contribution in [0.3, 0.4) is 0 Å². The first-order valence-corrected chi connectivity index (χ1v) is 10.4. The molecule has 0 spiro atoms. The summed E-state index contributed by atoms with van der Waals surface area (Å²) in [6, 6.07) is 13.5. The number of anilines is 1. The lowest BCUT2D eigenvalue weighted by atomic mass is 10.1. The molecule has 6 nitrogen and oxygen atoms in total. The summed E-state index contributed by atoms with van der Waals surface area (Å²) in [5, 5.41) is 0. The maximum atomic E-state index is 11.5. The Bertz CT molecular complexity index is 1010. The fourth-order valence-corrected chi connectivity index (χ4v) is 3.95. The van der Waals surface area contributed by atoms with Crippen LogP contribution in [0.1, 0.15) is 16.7 Å². The quantitative estimate of drug-likeness (QED) is 0.830. The van der Waals surface area contributed by atoms with Crippen molar-refractivity contribution >= 4 is 27.7 Å². The monoisotopic (exact) mass is 369 g/mol. The molecular weight excluding hydrogens is 350 g/mol. The summed E-state index contributed by atoms with van der Waals surface area (Å²) in [6.45, 7) is 1.12. The molecule has 0 amide bonds. The molecule has 0 aromatic heterocycles. The van der Waals surface area contributed by atoms with Crippen LogP contribution in [0.5, 0.6) is 5.75 Å². The van der Waals surface area contributed by atoms with Gasteiger partial charge >= 0.3 is 0 Å². The van der Waals surface area contributed by atoms with E-state index in [1.54, 1.807) is 6.34 Å². The van der Waals surface area contributed by atoms with E-state index in [1.807, 2.05) is 41.3 Å². The predicted molar refractivity (Wildman–Crippen MR) is 103 cm³/mol. The molecule has 0 saturated carbocycles. The van der Waals surface area contributed by atoms with E-state index in [0.29, 0.717) is 19.1 Å². The number of sulfone groups is 1. The second kappa shape index (κ2) is 6.57. The van der Waals surface area contributed by atoms with E-state index in [-0.39, 0.29) is 5.75 Å². The van der Waals surface area contributed by atoms with Crippen LogP contribution >= 0.6 is 0 Å². The number of ether oxygens (including phenoxy) is 1. The zero-order chi connectivity index (χ0) is 18.1. The Morgan fingerprint density at radius 3 is 2.81 bits per heavy atom. The summed E-state index contributed by atoms with van der Waals surface area (Å²) in [7, 11) is -3.07. The molecule has 0 bridgehead atoms. The van der Waals surface area contributed by atoms with E-state index in [0.717, 1.165) is 29.0 Å². The van der Waals surface area contributed by atoms with E-state index in [2.05, 4.69) is 16.1 Å². The van der Waals surface area contributed by atoms with Crippen molar-refractivity contribution in [2.45, 2.75) is 12.2 Å². The molecule has 2 aliphatic heterocycles. The van der Waals surface area contributed by atoms with E-state index in [9.17, 15) is 8.42 Å². The number of nitrogens with zero attached hydrogens (tertiary/aromatic N) is 3.